The molecule has 2 rings (SSSR count). The van der Waals surface area contributed by atoms with Crippen molar-refractivity contribution in [2.24, 2.45) is 0 Å². The molecule has 0 aliphatic carbocycles. The summed E-state index contributed by atoms with van der Waals surface area (Å²) >= 11 is 0. The van der Waals surface area contributed by atoms with Crippen molar-refractivity contribution >= 4 is 5.97 Å². The molecule has 1 N–H and O–H groups in total. The summed E-state index contributed by atoms with van der Waals surface area (Å²) in [5, 5.41) is 3.35. The van der Waals surface area contributed by atoms with E-state index in [1.807, 2.05) is 6.92 Å². The van der Waals surface area contributed by atoms with E-state index in [2.05, 4.69) is 22.0 Å². The zero-order valence-corrected chi connectivity index (χ0v) is 13.6. The summed E-state index contributed by atoms with van der Waals surface area (Å²) in [4.78, 5) is 17.2. The van der Waals surface area contributed by atoms with Crippen molar-refractivity contribution in [3.05, 3.63) is 0 Å². The largest absolute Gasteiger partial charge is 0.465 e. The lowest BCUT2D eigenvalue weighted by molar-refractivity contribution is -0.146. The first-order valence-electron chi connectivity index (χ1n) is 8.61. The number of ether oxygens (including phenoxy) is 1. The third kappa shape index (κ3) is 4.94. The summed E-state index contributed by atoms with van der Waals surface area (Å²) in [5.41, 5.74) is 0. The second-order valence-electron chi connectivity index (χ2n) is 6.20. The lowest BCUT2D eigenvalue weighted by Crippen LogP contribution is -2.49. The van der Waals surface area contributed by atoms with E-state index in [1.165, 1.54) is 32.4 Å². The molecule has 0 amide bonds. The number of nitrogens with zero attached hydrogens (tertiary/aromatic N) is 2. The summed E-state index contributed by atoms with van der Waals surface area (Å²) in [6.07, 6.45) is 4.88. The highest BCUT2D eigenvalue weighted by atomic mass is 16.5. The fourth-order valence-electron chi connectivity index (χ4n) is 3.49. The van der Waals surface area contributed by atoms with Gasteiger partial charge in [-0.15, -0.1) is 0 Å². The summed E-state index contributed by atoms with van der Waals surface area (Å²) in [6, 6.07) is 0.513. The third-order valence-electron chi connectivity index (χ3n) is 4.54. The SMILES string of the molecule is CCCNC(CN1CCCN2CCCC2C1)C(=O)OCC. The highest BCUT2D eigenvalue weighted by molar-refractivity contribution is 5.76. The zero-order valence-electron chi connectivity index (χ0n) is 13.6. The van der Waals surface area contributed by atoms with Crippen molar-refractivity contribution in [2.45, 2.75) is 51.6 Å². The van der Waals surface area contributed by atoms with Crippen molar-refractivity contribution in [1.29, 1.82) is 0 Å². The highest BCUT2D eigenvalue weighted by Crippen LogP contribution is 2.21. The Hall–Kier alpha value is -0.650. The zero-order chi connectivity index (χ0) is 15.1. The Labute approximate surface area is 129 Å². The van der Waals surface area contributed by atoms with Crippen molar-refractivity contribution in [3.8, 4) is 0 Å². The maximum Gasteiger partial charge on any atom is 0.324 e. The van der Waals surface area contributed by atoms with Crippen LogP contribution in [0, 0.1) is 0 Å². The van der Waals surface area contributed by atoms with Crippen molar-refractivity contribution in [3.63, 3.8) is 0 Å². The Balaban J connectivity index is 1.89. The summed E-state index contributed by atoms with van der Waals surface area (Å²) in [7, 11) is 0. The molecule has 122 valence electrons. The Morgan fingerprint density at radius 1 is 1.29 bits per heavy atom. The fourth-order valence-corrected chi connectivity index (χ4v) is 3.49. The topological polar surface area (TPSA) is 44.8 Å². The molecule has 2 unspecified atom stereocenters. The van der Waals surface area contributed by atoms with Gasteiger partial charge in [0, 0.05) is 19.1 Å². The maximum absolute atomic E-state index is 12.1. The molecule has 0 radical (unpaired) electrons. The number of carbonyl (C=O) groups excluding carboxylic acids is 1. The summed E-state index contributed by atoms with van der Waals surface area (Å²) < 4.78 is 5.22. The molecule has 0 bridgehead atoms. The molecule has 2 aliphatic heterocycles. The van der Waals surface area contributed by atoms with Crippen molar-refractivity contribution in [1.82, 2.24) is 15.1 Å². The molecule has 0 aromatic carbocycles. The van der Waals surface area contributed by atoms with Gasteiger partial charge < -0.3 is 10.1 Å². The van der Waals surface area contributed by atoms with E-state index in [4.69, 9.17) is 4.74 Å². The van der Waals surface area contributed by atoms with Gasteiger partial charge in [-0.05, 0) is 58.8 Å². The third-order valence-corrected chi connectivity index (χ3v) is 4.54. The minimum absolute atomic E-state index is 0.0986. The predicted molar refractivity (Wildman–Crippen MR) is 84.4 cm³/mol. The Kier molecular flexibility index (Phi) is 6.93. The molecule has 2 heterocycles. The van der Waals surface area contributed by atoms with Gasteiger partial charge in [-0.3, -0.25) is 14.6 Å². The second kappa shape index (κ2) is 8.71. The summed E-state index contributed by atoms with van der Waals surface area (Å²) in [6.45, 7) is 10.8. The first-order chi connectivity index (χ1) is 10.2. The van der Waals surface area contributed by atoms with Gasteiger partial charge in [0.2, 0.25) is 0 Å². The number of hydrogen-bond acceptors (Lipinski definition) is 5. The molecule has 0 saturated carbocycles. The van der Waals surface area contributed by atoms with Crippen LogP contribution in [-0.2, 0) is 9.53 Å². The number of nitrogens with one attached hydrogen (secondary N) is 1. The lowest BCUT2D eigenvalue weighted by atomic mass is 10.2. The second-order valence-corrected chi connectivity index (χ2v) is 6.20. The quantitative estimate of drug-likeness (QED) is 0.713. The monoisotopic (exact) mass is 297 g/mol. The number of rotatable bonds is 7. The van der Waals surface area contributed by atoms with Crippen LogP contribution in [0.1, 0.15) is 39.5 Å². The van der Waals surface area contributed by atoms with E-state index < -0.39 is 0 Å². The smallest absolute Gasteiger partial charge is 0.324 e. The minimum atomic E-state index is -0.183. The number of fused-ring (bicyclic) bond motifs is 1. The lowest BCUT2D eigenvalue weighted by Gasteiger charge is -2.28. The normalized spacial score (nSPS) is 25.3. The molecule has 0 aromatic heterocycles. The van der Waals surface area contributed by atoms with Crippen LogP contribution >= 0.6 is 0 Å². The molecule has 21 heavy (non-hydrogen) atoms. The molecular formula is C16H31N3O2. The predicted octanol–water partition coefficient (Wildman–Crippen LogP) is 1.09. The van der Waals surface area contributed by atoms with Crippen LogP contribution in [0.15, 0.2) is 0 Å². The number of esters is 1. The minimum Gasteiger partial charge on any atom is -0.465 e. The van der Waals surface area contributed by atoms with E-state index in [9.17, 15) is 4.79 Å². The Morgan fingerprint density at radius 2 is 2.10 bits per heavy atom. The van der Waals surface area contributed by atoms with Gasteiger partial charge in [-0.2, -0.15) is 0 Å². The van der Waals surface area contributed by atoms with Crippen molar-refractivity contribution in [2.75, 3.05) is 45.9 Å². The highest BCUT2D eigenvalue weighted by Gasteiger charge is 2.30. The van der Waals surface area contributed by atoms with Gasteiger partial charge in [0.25, 0.3) is 0 Å². The first-order valence-corrected chi connectivity index (χ1v) is 8.61. The molecule has 0 spiro atoms. The molecular weight excluding hydrogens is 266 g/mol. The van der Waals surface area contributed by atoms with E-state index in [-0.39, 0.29) is 12.0 Å². The Bertz CT molecular complexity index is 325. The molecule has 2 fully saturated rings. The molecule has 2 saturated heterocycles. The van der Waals surface area contributed by atoms with Crippen molar-refractivity contribution < 1.29 is 9.53 Å². The van der Waals surface area contributed by atoms with Gasteiger partial charge in [0.1, 0.15) is 6.04 Å². The van der Waals surface area contributed by atoms with Gasteiger partial charge >= 0.3 is 5.97 Å². The van der Waals surface area contributed by atoms with E-state index >= 15 is 0 Å². The maximum atomic E-state index is 12.1. The van der Waals surface area contributed by atoms with Crippen LogP contribution in [-0.4, -0.2) is 73.7 Å². The van der Waals surface area contributed by atoms with E-state index in [0.717, 1.165) is 32.6 Å². The first kappa shape index (κ1) is 16.7. The van der Waals surface area contributed by atoms with Gasteiger partial charge in [-0.25, -0.2) is 0 Å². The number of carbonyl (C=O) groups is 1. The van der Waals surface area contributed by atoms with E-state index in [1.54, 1.807) is 0 Å². The Morgan fingerprint density at radius 3 is 2.86 bits per heavy atom. The van der Waals surface area contributed by atoms with Crippen LogP contribution in [0.2, 0.25) is 0 Å². The number of hydrogen-bond donors (Lipinski definition) is 1. The van der Waals surface area contributed by atoms with Crippen LogP contribution in [0.5, 0.6) is 0 Å². The van der Waals surface area contributed by atoms with Gasteiger partial charge in [0.05, 0.1) is 6.61 Å². The van der Waals surface area contributed by atoms with Crippen LogP contribution in [0.4, 0.5) is 0 Å². The molecule has 2 aliphatic rings. The average molecular weight is 297 g/mol. The van der Waals surface area contributed by atoms with Gasteiger partial charge in [0.15, 0.2) is 0 Å². The van der Waals surface area contributed by atoms with Crippen LogP contribution in [0.3, 0.4) is 0 Å². The van der Waals surface area contributed by atoms with Crippen LogP contribution in [0.25, 0.3) is 0 Å². The molecule has 2 atom stereocenters. The average Bonchev–Trinajstić information content (AvgIpc) is 2.82. The standard InChI is InChI=1S/C16H31N3O2/c1-3-8-17-15(16(20)21-4-2)13-18-9-6-11-19-10-5-7-14(19)12-18/h14-15,17H,3-13H2,1-2H3. The van der Waals surface area contributed by atoms with Gasteiger partial charge in [-0.1, -0.05) is 6.92 Å². The molecule has 5 nitrogen and oxygen atoms in total. The molecule has 5 heteroatoms. The molecule has 0 aromatic rings. The van der Waals surface area contributed by atoms with E-state index in [0.29, 0.717) is 12.6 Å². The fraction of sp³-hybridized carbons (Fsp3) is 0.938. The van der Waals surface area contributed by atoms with Crippen LogP contribution < -0.4 is 5.32 Å². The summed E-state index contributed by atoms with van der Waals surface area (Å²) in [5.74, 6) is -0.0986.